The van der Waals surface area contributed by atoms with Crippen LogP contribution in [0, 0.1) is 5.41 Å². The zero-order valence-corrected chi connectivity index (χ0v) is 13.1. The van der Waals surface area contributed by atoms with Crippen LogP contribution in [0.15, 0.2) is 23.0 Å². The van der Waals surface area contributed by atoms with Crippen LogP contribution in [0.5, 0.6) is 0 Å². The van der Waals surface area contributed by atoms with Gasteiger partial charge in [-0.3, -0.25) is 18.9 Å². The number of aromatic nitrogens is 4. The molecule has 1 aliphatic rings. The van der Waals surface area contributed by atoms with Gasteiger partial charge >= 0.3 is 7.60 Å². The molecule has 23 heavy (non-hydrogen) atoms. The highest BCUT2D eigenvalue weighted by molar-refractivity contribution is 7.55. The number of hydrogen-bond acceptors (Lipinski definition) is 6. The molecule has 0 saturated carbocycles. The lowest BCUT2D eigenvalue weighted by Crippen LogP contribution is -2.14. The highest BCUT2D eigenvalue weighted by atomic mass is 31.2. The fourth-order valence-corrected chi connectivity index (χ4v) is 3.08. The van der Waals surface area contributed by atoms with Gasteiger partial charge in [-0.2, -0.15) is 4.98 Å². The van der Waals surface area contributed by atoms with Gasteiger partial charge in [-0.15, -0.1) is 0 Å². The molecule has 2 aromatic rings. The maximum atomic E-state index is 11.8. The SMILES string of the molecule is C[C@]1(/C=C/P(=O)(O)O)CO[C@@H](n2cnc3c(=O)[nH]c(N)nc32)C1. The van der Waals surface area contributed by atoms with Crippen molar-refractivity contribution in [1.29, 1.82) is 0 Å². The molecule has 0 amide bonds. The van der Waals surface area contributed by atoms with Crippen molar-refractivity contribution in [2.24, 2.45) is 5.41 Å². The molecule has 5 N–H and O–H groups in total. The van der Waals surface area contributed by atoms with E-state index in [0.29, 0.717) is 12.1 Å². The summed E-state index contributed by atoms with van der Waals surface area (Å²) >= 11 is 0. The number of H-pyrrole nitrogens is 1. The van der Waals surface area contributed by atoms with Crippen molar-refractivity contribution in [3.63, 3.8) is 0 Å². The van der Waals surface area contributed by atoms with E-state index in [1.807, 2.05) is 6.92 Å². The molecule has 1 aliphatic heterocycles. The lowest BCUT2D eigenvalue weighted by Gasteiger charge is -2.17. The lowest BCUT2D eigenvalue weighted by molar-refractivity contribution is 0.0551. The van der Waals surface area contributed by atoms with E-state index in [1.165, 1.54) is 12.4 Å². The van der Waals surface area contributed by atoms with E-state index in [0.717, 1.165) is 5.82 Å². The van der Waals surface area contributed by atoms with Crippen LogP contribution in [0.1, 0.15) is 19.6 Å². The summed E-state index contributed by atoms with van der Waals surface area (Å²) in [4.78, 5) is 40.1. The van der Waals surface area contributed by atoms with Gasteiger partial charge < -0.3 is 20.3 Å². The number of nitrogens with one attached hydrogen (secondary N) is 1. The van der Waals surface area contributed by atoms with Gasteiger partial charge in [0.25, 0.3) is 5.56 Å². The zero-order chi connectivity index (χ0) is 16.8. The van der Waals surface area contributed by atoms with Gasteiger partial charge in [0.1, 0.15) is 6.23 Å². The van der Waals surface area contributed by atoms with Crippen molar-refractivity contribution in [3.8, 4) is 0 Å². The normalized spacial score (nSPS) is 25.6. The predicted molar refractivity (Wildman–Crippen MR) is 81.5 cm³/mol. The van der Waals surface area contributed by atoms with Crippen LogP contribution in [0.3, 0.4) is 0 Å². The molecule has 3 heterocycles. The number of imidazole rings is 1. The molecule has 0 spiro atoms. The summed E-state index contributed by atoms with van der Waals surface area (Å²) in [6, 6.07) is 0. The summed E-state index contributed by atoms with van der Waals surface area (Å²) in [5.74, 6) is 0.859. The van der Waals surface area contributed by atoms with Crippen LogP contribution in [-0.2, 0) is 9.30 Å². The van der Waals surface area contributed by atoms with Crippen molar-refractivity contribution in [2.45, 2.75) is 19.6 Å². The molecule has 124 valence electrons. The largest absolute Gasteiger partial charge is 0.369 e. The molecule has 2 atom stereocenters. The molecule has 3 rings (SSSR count). The van der Waals surface area contributed by atoms with Crippen LogP contribution in [0.2, 0.25) is 0 Å². The molecular weight excluding hydrogens is 325 g/mol. The number of ether oxygens (including phenoxy) is 1. The third-order valence-corrected chi connectivity index (χ3v) is 4.22. The number of hydrogen-bond donors (Lipinski definition) is 4. The molecular formula is C12H16N5O5P. The molecule has 0 unspecified atom stereocenters. The van der Waals surface area contributed by atoms with Crippen LogP contribution < -0.4 is 11.3 Å². The molecule has 11 heteroatoms. The van der Waals surface area contributed by atoms with E-state index in [4.69, 9.17) is 20.3 Å². The van der Waals surface area contributed by atoms with Gasteiger partial charge in [0.05, 0.1) is 12.9 Å². The highest BCUT2D eigenvalue weighted by Crippen LogP contribution is 2.43. The van der Waals surface area contributed by atoms with Crippen molar-refractivity contribution >= 4 is 24.7 Å². The fourth-order valence-electron chi connectivity index (χ4n) is 2.53. The van der Waals surface area contributed by atoms with Gasteiger partial charge in [-0.05, 0) is 0 Å². The second kappa shape index (κ2) is 5.27. The topological polar surface area (TPSA) is 156 Å². The lowest BCUT2D eigenvalue weighted by atomic mass is 9.89. The Hall–Kier alpha value is -2.00. The van der Waals surface area contributed by atoms with Gasteiger partial charge in [0.15, 0.2) is 11.2 Å². The molecule has 1 fully saturated rings. The Morgan fingerprint density at radius 3 is 3.04 bits per heavy atom. The van der Waals surface area contributed by atoms with Gasteiger partial charge in [-0.1, -0.05) is 13.0 Å². The summed E-state index contributed by atoms with van der Waals surface area (Å²) in [5.41, 5.74) is 5.03. The summed E-state index contributed by atoms with van der Waals surface area (Å²) in [6.45, 7) is 2.10. The maximum Gasteiger partial charge on any atom is 0.348 e. The minimum absolute atomic E-state index is 0.0218. The Labute approximate surface area is 130 Å². The van der Waals surface area contributed by atoms with Crippen molar-refractivity contribution in [1.82, 2.24) is 19.5 Å². The monoisotopic (exact) mass is 341 g/mol. The molecule has 2 aromatic heterocycles. The summed E-state index contributed by atoms with van der Waals surface area (Å²) in [7, 11) is -4.22. The standard InChI is InChI=1S/C12H16N5O5P/c1-12(2-3-23(19,20)21)4-7(22-5-12)17-6-14-8-9(17)15-11(13)16-10(8)18/h2-3,6-7H,4-5H2,1H3,(H2,19,20,21)(H3,13,15,16,18)/b3-2+/t7-,12-/m1/s1. The van der Waals surface area contributed by atoms with Crippen molar-refractivity contribution < 1.29 is 19.1 Å². The number of nitrogens with zero attached hydrogens (tertiary/aromatic N) is 3. The van der Waals surface area contributed by atoms with E-state index >= 15 is 0 Å². The fraction of sp³-hybridized carbons (Fsp3) is 0.417. The van der Waals surface area contributed by atoms with E-state index in [-0.39, 0.29) is 18.1 Å². The average molecular weight is 341 g/mol. The molecule has 1 saturated heterocycles. The number of fused-ring (bicyclic) bond motifs is 1. The smallest absolute Gasteiger partial charge is 0.348 e. The number of nitrogen functional groups attached to an aromatic ring is 1. The van der Waals surface area contributed by atoms with Crippen LogP contribution in [-0.4, -0.2) is 35.9 Å². The third kappa shape index (κ3) is 3.20. The quantitative estimate of drug-likeness (QED) is 0.581. The van der Waals surface area contributed by atoms with Crippen LogP contribution >= 0.6 is 7.60 Å². The number of anilines is 1. The summed E-state index contributed by atoms with van der Waals surface area (Å²) < 4.78 is 18.3. The average Bonchev–Trinajstić information content (AvgIpc) is 3.00. The first-order chi connectivity index (χ1) is 10.7. The zero-order valence-electron chi connectivity index (χ0n) is 12.2. The minimum Gasteiger partial charge on any atom is -0.369 e. The number of rotatable bonds is 3. The third-order valence-electron chi connectivity index (χ3n) is 3.68. The maximum absolute atomic E-state index is 11.8. The Balaban J connectivity index is 1.92. The number of nitrogens with two attached hydrogens (primary N) is 1. The molecule has 0 aliphatic carbocycles. The Morgan fingerprint density at radius 1 is 1.61 bits per heavy atom. The highest BCUT2D eigenvalue weighted by Gasteiger charge is 2.36. The van der Waals surface area contributed by atoms with Gasteiger partial charge in [0.2, 0.25) is 5.95 Å². The van der Waals surface area contributed by atoms with E-state index in [1.54, 1.807) is 4.57 Å². The summed E-state index contributed by atoms with van der Waals surface area (Å²) in [6.07, 6.45) is 2.89. The van der Waals surface area contributed by atoms with Crippen LogP contribution in [0.25, 0.3) is 11.2 Å². The molecule has 0 bridgehead atoms. The Morgan fingerprint density at radius 2 is 2.35 bits per heavy atom. The van der Waals surface area contributed by atoms with Crippen molar-refractivity contribution in [3.05, 3.63) is 28.6 Å². The second-order valence-corrected chi connectivity index (χ2v) is 7.28. The Bertz CT molecular complexity index is 884. The van der Waals surface area contributed by atoms with E-state index < -0.39 is 24.8 Å². The predicted octanol–water partition coefficient (Wildman–Crippen LogP) is 0.318. The minimum atomic E-state index is -4.22. The van der Waals surface area contributed by atoms with Gasteiger partial charge in [0, 0.05) is 17.7 Å². The molecule has 0 radical (unpaired) electrons. The second-order valence-electron chi connectivity index (χ2n) is 5.80. The Kier molecular flexibility index (Phi) is 3.64. The van der Waals surface area contributed by atoms with Gasteiger partial charge in [-0.25, -0.2) is 4.98 Å². The van der Waals surface area contributed by atoms with Crippen molar-refractivity contribution in [2.75, 3.05) is 12.3 Å². The van der Waals surface area contributed by atoms with E-state index in [2.05, 4.69) is 15.0 Å². The van der Waals surface area contributed by atoms with E-state index in [9.17, 15) is 9.36 Å². The molecule has 10 nitrogen and oxygen atoms in total. The summed E-state index contributed by atoms with van der Waals surface area (Å²) in [5, 5.41) is 0. The first-order valence-corrected chi connectivity index (χ1v) is 8.45. The number of aromatic amines is 1. The van der Waals surface area contributed by atoms with Crippen LogP contribution in [0.4, 0.5) is 5.95 Å². The first kappa shape index (κ1) is 15.9. The molecule has 0 aromatic carbocycles. The first-order valence-electron chi connectivity index (χ1n) is 6.76.